The Morgan fingerprint density at radius 1 is 1.63 bits per heavy atom. The third kappa shape index (κ3) is 2.96. The minimum atomic E-state index is -0.931. The Hall–Kier alpha value is -0.980. The standard InChI is InChI=1S/C13H20N2O3S/c1-12(2,17)10-14-9(6-19-10)5-15(4)11(16)13(3)7-18-8-13/h6,17H,5,7-8H2,1-4H3. The fraction of sp³-hybridized carbons (Fsp3) is 0.692. The molecule has 1 amide bonds. The van der Waals surface area contributed by atoms with Crippen molar-refractivity contribution in [3.8, 4) is 0 Å². The molecule has 1 aliphatic rings. The van der Waals surface area contributed by atoms with Crippen molar-refractivity contribution in [3.05, 3.63) is 16.1 Å². The maximum atomic E-state index is 12.2. The van der Waals surface area contributed by atoms with Gasteiger partial charge in [0.05, 0.1) is 30.9 Å². The first-order valence-corrected chi connectivity index (χ1v) is 7.11. The van der Waals surface area contributed by atoms with E-state index in [2.05, 4.69) is 4.98 Å². The van der Waals surface area contributed by atoms with Crippen LogP contribution in [-0.2, 0) is 21.7 Å². The molecule has 1 fully saturated rings. The SMILES string of the molecule is CN(Cc1csc(C(C)(C)O)n1)C(=O)C1(C)COC1. The van der Waals surface area contributed by atoms with Gasteiger partial charge in [0.25, 0.3) is 0 Å². The summed E-state index contributed by atoms with van der Waals surface area (Å²) in [7, 11) is 1.77. The third-order valence-electron chi connectivity index (χ3n) is 3.18. The van der Waals surface area contributed by atoms with Crippen LogP contribution in [0.4, 0.5) is 0 Å². The van der Waals surface area contributed by atoms with E-state index in [1.807, 2.05) is 12.3 Å². The Balaban J connectivity index is 2.01. The Labute approximate surface area is 117 Å². The van der Waals surface area contributed by atoms with E-state index in [0.29, 0.717) is 24.8 Å². The quantitative estimate of drug-likeness (QED) is 0.907. The molecule has 19 heavy (non-hydrogen) atoms. The number of hydrogen-bond donors (Lipinski definition) is 1. The van der Waals surface area contributed by atoms with E-state index < -0.39 is 5.60 Å². The van der Waals surface area contributed by atoms with Crippen LogP contribution in [0.1, 0.15) is 31.5 Å². The zero-order valence-corrected chi connectivity index (χ0v) is 12.6. The second kappa shape index (κ2) is 4.85. The second-order valence-electron chi connectivity index (χ2n) is 5.92. The molecule has 0 aromatic carbocycles. The molecule has 0 spiro atoms. The summed E-state index contributed by atoms with van der Waals surface area (Å²) in [4.78, 5) is 18.3. The van der Waals surface area contributed by atoms with Gasteiger partial charge in [0.15, 0.2) is 0 Å². The molecule has 2 heterocycles. The highest BCUT2D eigenvalue weighted by Gasteiger charge is 2.42. The molecule has 0 aliphatic carbocycles. The Kier molecular flexibility index (Phi) is 3.68. The lowest BCUT2D eigenvalue weighted by atomic mass is 9.87. The van der Waals surface area contributed by atoms with Crippen LogP contribution in [-0.4, -0.2) is 41.2 Å². The maximum absolute atomic E-state index is 12.2. The van der Waals surface area contributed by atoms with Crippen molar-refractivity contribution in [2.75, 3.05) is 20.3 Å². The minimum absolute atomic E-state index is 0.0801. The van der Waals surface area contributed by atoms with Crippen LogP contribution in [0.2, 0.25) is 0 Å². The lowest BCUT2D eigenvalue weighted by Gasteiger charge is -2.39. The summed E-state index contributed by atoms with van der Waals surface area (Å²) in [6.45, 7) is 6.76. The lowest BCUT2D eigenvalue weighted by Crippen LogP contribution is -2.52. The van der Waals surface area contributed by atoms with Crippen LogP contribution < -0.4 is 0 Å². The van der Waals surface area contributed by atoms with Gasteiger partial charge in [-0.15, -0.1) is 11.3 Å². The summed E-state index contributed by atoms with van der Waals surface area (Å²) >= 11 is 1.41. The van der Waals surface area contributed by atoms with Crippen molar-refractivity contribution >= 4 is 17.2 Å². The first-order chi connectivity index (χ1) is 8.72. The van der Waals surface area contributed by atoms with Crippen LogP contribution in [0.15, 0.2) is 5.38 Å². The van der Waals surface area contributed by atoms with Crippen LogP contribution in [0.25, 0.3) is 0 Å². The largest absolute Gasteiger partial charge is 0.383 e. The summed E-state index contributed by atoms with van der Waals surface area (Å²) < 4.78 is 5.11. The molecule has 6 heteroatoms. The first-order valence-electron chi connectivity index (χ1n) is 6.23. The molecule has 0 bridgehead atoms. The smallest absolute Gasteiger partial charge is 0.233 e. The predicted octanol–water partition coefficient (Wildman–Crippen LogP) is 1.37. The molecule has 106 valence electrons. The number of amides is 1. The van der Waals surface area contributed by atoms with Crippen LogP contribution in [0, 0.1) is 5.41 Å². The number of ether oxygens (including phenoxy) is 1. The van der Waals surface area contributed by atoms with Crippen molar-refractivity contribution in [1.82, 2.24) is 9.88 Å². The normalized spacial score (nSPS) is 17.9. The molecule has 2 rings (SSSR count). The number of carbonyl (C=O) groups excluding carboxylic acids is 1. The van der Waals surface area contributed by atoms with Gasteiger partial charge in [-0.2, -0.15) is 0 Å². The molecule has 1 aromatic rings. The Bertz CT molecular complexity index is 474. The van der Waals surface area contributed by atoms with Crippen LogP contribution in [0.3, 0.4) is 0 Å². The Morgan fingerprint density at radius 3 is 2.68 bits per heavy atom. The summed E-state index contributed by atoms with van der Waals surface area (Å²) in [6, 6.07) is 0. The van der Waals surface area contributed by atoms with E-state index in [9.17, 15) is 9.90 Å². The summed E-state index contributed by atoms with van der Waals surface area (Å²) in [5.41, 5.74) is -0.509. The monoisotopic (exact) mass is 284 g/mol. The van der Waals surface area contributed by atoms with Crippen molar-refractivity contribution in [2.45, 2.75) is 32.9 Å². The fourth-order valence-corrected chi connectivity index (χ4v) is 2.80. The van der Waals surface area contributed by atoms with E-state index >= 15 is 0 Å². The second-order valence-corrected chi connectivity index (χ2v) is 6.78. The van der Waals surface area contributed by atoms with Crippen molar-refractivity contribution in [3.63, 3.8) is 0 Å². The van der Waals surface area contributed by atoms with E-state index in [4.69, 9.17) is 4.74 Å². The Morgan fingerprint density at radius 2 is 2.26 bits per heavy atom. The molecule has 0 atom stereocenters. The van der Waals surface area contributed by atoms with E-state index in [1.54, 1.807) is 25.8 Å². The average molecular weight is 284 g/mol. The highest BCUT2D eigenvalue weighted by molar-refractivity contribution is 7.09. The van der Waals surface area contributed by atoms with E-state index in [0.717, 1.165) is 5.69 Å². The van der Waals surface area contributed by atoms with E-state index in [-0.39, 0.29) is 11.3 Å². The van der Waals surface area contributed by atoms with Gasteiger partial charge in [0, 0.05) is 12.4 Å². The van der Waals surface area contributed by atoms with Gasteiger partial charge in [-0.05, 0) is 20.8 Å². The lowest BCUT2D eigenvalue weighted by molar-refractivity contribution is -0.168. The zero-order chi connectivity index (χ0) is 14.3. The molecular formula is C13H20N2O3S. The van der Waals surface area contributed by atoms with Crippen LogP contribution >= 0.6 is 11.3 Å². The summed E-state index contributed by atoms with van der Waals surface area (Å²) in [5.74, 6) is 0.0801. The number of rotatable bonds is 4. The van der Waals surface area contributed by atoms with Crippen molar-refractivity contribution in [1.29, 1.82) is 0 Å². The molecule has 1 saturated heterocycles. The molecular weight excluding hydrogens is 264 g/mol. The van der Waals surface area contributed by atoms with Gasteiger partial charge >= 0.3 is 0 Å². The van der Waals surface area contributed by atoms with Gasteiger partial charge in [-0.1, -0.05) is 0 Å². The third-order valence-corrected chi connectivity index (χ3v) is 4.38. The number of nitrogens with zero attached hydrogens (tertiary/aromatic N) is 2. The predicted molar refractivity (Wildman–Crippen MR) is 72.8 cm³/mol. The first kappa shape index (κ1) is 14.4. The molecule has 0 unspecified atom stereocenters. The summed E-state index contributed by atoms with van der Waals surface area (Å²) in [6.07, 6.45) is 0. The van der Waals surface area contributed by atoms with Gasteiger partial charge in [-0.3, -0.25) is 4.79 Å². The molecule has 5 nitrogen and oxygen atoms in total. The van der Waals surface area contributed by atoms with Gasteiger partial charge in [0.1, 0.15) is 10.6 Å². The number of thiazole rings is 1. The number of carbonyl (C=O) groups is 1. The zero-order valence-electron chi connectivity index (χ0n) is 11.8. The fourth-order valence-electron chi connectivity index (χ4n) is 1.97. The highest BCUT2D eigenvalue weighted by atomic mass is 32.1. The summed E-state index contributed by atoms with van der Waals surface area (Å²) in [5, 5.41) is 12.4. The minimum Gasteiger partial charge on any atom is -0.383 e. The number of hydrogen-bond acceptors (Lipinski definition) is 5. The molecule has 1 aromatic heterocycles. The molecule has 0 radical (unpaired) electrons. The van der Waals surface area contributed by atoms with Gasteiger partial charge < -0.3 is 14.7 Å². The maximum Gasteiger partial charge on any atom is 0.233 e. The van der Waals surface area contributed by atoms with E-state index in [1.165, 1.54) is 11.3 Å². The van der Waals surface area contributed by atoms with Crippen molar-refractivity contribution in [2.24, 2.45) is 5.41 Å². The topological polar surface area (TPSA) is 62.7 Å². The molecule has 0 saturated carbocycles. The van der Waals surface area contributed by atoms with Crippen LogP contribution in [0.5, 0.6) is 0 Å². The number of aliphatic hydroxyl groups is 1. The molecule has 1 N–H and O–H groups in total. The molecule has 1 aliphatic heterocycles. The highest BCUT2D eigenvalue weighted by Crippen LogP contribution is 2.29. The van der Waals surface area contributed by atoms with Gasteiger partial charge in [-0.25, -0.2) is 4.98 Å². The van der Waals surface area contributed by atoms with Crippen molar-refractivity contribution < 1.29 is 14.6 Å². The van der Waals surface area contributed by atoms with Gasteiger partial charge in [0.2, 0.25) is 5.91 Å². The number of aromatic nitrogens is 1. The average Bonchev–Trinajstić information content (AvgIpc) is 2.73.